The highest BCUT2D eigenvalue weighted by Gasteiger charge is 2.14. The molecule has 1 amide bonds. The van der Waals surface area contributed by atoms with E-state index in [1.165, 1.54) is 11.0 Å². The van der Waals surface area contributed by atoms with Crippen molar-refractivity contribution >= 4 is 27.9 Å². The van der Waals surface area contributed by atoms with E-state index in [-0.39, 0.29) is 19.2 Å². The molecule has 1 aliphatic rings. The lowest BCUT2D eigenvalue weighted by atomic mass is 10.2. The van der Waals surface area contributed by atoms with Crippen LogP contribution in [0.3, 0.4) is 0 Å². The minimum Gasteiger partial charge on any atom is -0.454 e. The number of halogens is 1. The Balaban J connectivity index is 1.39. The summed E-state index contributed by atoms with van der Waals surface area (Å²) in [6, 6.07) is 13.1. The molecule has 4 rings (SSSR count). The molecule has 0 fully saturated rings. The standard InChI is InChI=1S/C20H16BrN3O4/c1-24(11-18-22-20(23-28-18)14-3-2-4-15(21)10-14)19(25)8-6-13-5-7-16-17(9-13)27-12-26-16/h2-10H,11-12H2,1H3/b8-6+. The van der Waals surface area contributed by atoms with Crippen LogP contribution in [-0.4, -0.2) is 34.8 Å². The topological polar surface area (TPSA) is 77.7 Å². The molecule has 2 aromatic carbocycles. The monoisotopic (exact) mass is 441 g/mol. The minimum atomic E-state index is -0.181. The van der Waals surface area contributed by atoms with Gasteiger partial charge >= 0.3 is 0 Å². The van der Waals surface area contributed by atoms with Crippen molar-refractivity contribution in [2.24, 2.45) is 0 Å². The summed E-state index contributed by atoms with van der Waals surface area (Å²) in [7, 11) is 1.68. The van der Waals surface area contributed by atoms with Gasteiger partial charge in [-0.25, -0.2) is 0 Å². The zero-order valence-corrected chi connectivity index (χ0v) is 16.5. The number of hydrogen-bond donors (Lipinski definition) is 0. The first-order valence-electron chi connectivity index (χ1n) is 8.50. The largest absolute Gasteiger partial charge is 0.454 e. The molecule has 142 valence electrons. The molecule has 0 spiro atoms. The Bertz CT molecular complexity index is 1050. The Labute approximate surface area is 169 Å². The predicted octanol–water partition coefficient (Wildman–Crippen LogP) is 3.90. The third kappa shape index (κ3) is 4.07. The van der Waals surface area contributed by atoms with E-state index in [0.29, 0.717) is 23.2 Å². The number of fused-ring (bicyclic) bond motifs is 1. The fourth-order valence-corrected chi connectivity index (χ4v) is 3.06. The van der Waals surface area contributed by atoms with E-state index in [2.05, 4.69) is 26.1 Å². The lowest BCUT2D eigenvalue weighted by Gasteiger charge is -2.11. The molecule has 2 heterocycles. The van der Waals surface area contributed by atoms with E-state index in [4.69, 9.17) is 14.0 Å². The molecule has 1 aliphatic heterocycles. The molecule has 0 saturated heterocycles. The van der Waals surface area contributed by atoms with Crippen molar-refractivity contribution in [2.75, 3.05) is 13.8 Å². The zero-order valence-electron chi connectivity index (χ0n) is 15.0. The van der Waals surface area contributed by atoms with Crippen molar-refractivity contribution in [3.63, 3.8) is 0 Å². The van der Waals surface area contributed by atoms with Gasteiger partial charge in [-0.15, -0.1) is 0 Å². The molecule has 0 atom stereocenters. The number of likely N-dealkylation sites (N-methyl/N-ethyl adjacent to an activating group) is 1. The lowest BCUT2D eigenvalue weighted by molar-refractivity contribution is -0.125. The fraction of sp³-hybridized carbons (Fsp3) is 0.150. The highest BCUT2D eigenvalue weighted by atomic mass is 79.9. The number of amides is 1. The summed E-state index contributed by atoms with van der Waals surface area (Å²) in [5.74, 6) is 2.04. The minimum absolute atomic E-state index is 0.181. The third-order valence-corrected chi connectivity index (χ3v) is 4.61. The smallest absolute Gasteiger partial charge is 0.246 e. The second kappa shape index (κ2) is 7.85. The van der Waals surface area contributed by atoms with E-state index < -0.39 is 0 Å². The second-order valence-corrected chi connectivity index (χ2v) is 7.08. The van der Waals surface area contributed by atoms with Gasteiger partial charge in [0.2, 0.25) is 24.4 Å². The zero-order chi connectivity index (χ0) is 19.5. The van der Waals surface area contributed by atoms with E-state index in [0.717, 1.165) is 15.6 Å². The molecule has 0 unspecified atom stereocenters. The van der Waals surface area contributed by atoms with Crippen LogP contribution in [-0.2, 0) is 11.3 Å². The first kappa shape index (κ1) is 18.2. The molecule has 28 heavy (non-hydrogen) atoms. The van der Waals surface area contributed by atoms with Gasteiger partial charge in [-0.3, -0.25) is 4.79 Å². The normalized spacial score (nSPS) is 12.5. The van der Waals surface area contributed by atoms with Gasteiger partial charge in [-0.2, -0.15) is 4.98 Å². The number of carbonyl (C=O) groups excluding carboxylic acids is 1. The van der Waals surface area contributed by atoms with Crippen molar-refractivity contribution in [2.45, 2.75) is 6.54 Å². The molecule has 0 N–H and O–H groups in total. The number of ether oxygens (including phenoxy) is 2. The van der Waals surface area contributed by atoms with Crippen LogP contribution in [0.5, 0.6) is 11.5 Å². The molecular formula is C20H16BrN3O4. The maximum Gasteiger partial charge on any atom is 0.246 e. The van der Waals surface area contributed by atoms with Crippen molar-refractivity contribution < 1.29 is 18.8 Å². The van der Waals surface area contributed by atoms with Crippen LogP contribution in [0.25, 0.3) is 17.5 Å². The average molecular weight is 442 g/mol. The Morgan fingerprint density at radius 1 is 1.21 bits per heavy atom. The lowest BCUT2D eigenvalue weighted by Crippen LogP contribution is -2.24. The van der Waals surface area contributed by atoms with Gasteiger partial charge < -0.3 is 18.9 Å². The van der Waals surface area contributed by atoms with Gasteiger partial charge in [0.1, 0.15) is 0 Å². The average Bonchev–Trinajstić information content (AvgIpc) is 3.35. The van der Waals surface area contributed by atoms with E-state index in [9.17, 15) is 4.79 Å². The van der Waals surface area contributed by atoms with Crippen molar-refractivity contribution in [3.8, 4) is 22.9 Å². The molecule has 1 aromatic heterocycles. The first-order valence-corrected chi connectivity index (χ1v) is 9.29. The Hall–Kier alpha value is -3.13. The van der Waals surface area contributed by atoms with Crippen molar-refractivity contribution in [3.05, 3.63) is 64.5 Å². The Kier molecular flexibility index (Phi) is 5.12. The van der Waals surface area contributed by atoms with Crippen LogP contribution < -0.4 is 9.47 Å². The molecule has 7 nitrogen and oxygen atoms in total. The number of benzene rings is 2. The molecule has 3 aromatic rings. The number of nitrogens with zero attached hydrogens (tertiary/aromatic N) is 3. The van der Waals surface area contributed by atoms with Crippen LogP contribution >= 0.6 is 15.9 Å². The van der Waals surface area contributed by atoms with E-state index in [1.54, 1.807) is 13.1 Å². The number of aromatic nitrogens is 2. The summed E-state index contributed by atoms with van der Waals surface area (Å²) in [6.45, 7) is 0.432. The van der Waals surface area contributed by atoms with Gasteiger partial charge in [-0.1, -0.05) is 39.3 Å². The summed E-state index contributed by atoms with van der Waals surface area (Å²) in [5, 5.41) is 3.98. The highest BCUT2D eigenvalue weighted by molar-refractivity contribution is 9.10. The molecular weight excluding hydrogens is 426 g/mol. The van der Waals surface area contributed by atoms with Crippen molar-refractivity contribution in [1.82, 2.24) is 15.0 Å². The maximum atomic E-state index is 12.4. The summed E-state index contributed by atoms with van der Waals surface area (Å²) in [4.78, 5) is 18.2. The Morgan fingerprint density at radius 3 is 2.93 bits per heavy atom. The van der Waals surface area contributed by atoms with Crippen LogP contribution in [0.15, 0.2) is 57.5 Å². The SMILES string of the molecule is CN(Cc1nc(-c2cccc(Br)c2)no1)C(=O)/C=C/c1ccc2c(c1)OCO2. The Morgan fingerprint density at radius 2 is 2.07 bits per heavy atom. The molecule has 0 saturated carbocycles. The van der Waals surface area contributed by atoms with Gasteiger partial charge in [0.25, 0.3) is 0 Å². The molecule has 0 bridgehead atoms. The van der Waals surface area contributed by atoms with Gasteiger partial charge in [0, 0.05) is 23.2 Å². The van der Waals surface area contributed by atoms with Gasteiger partial charge in [-0.05, 0) is 35.9 Å². The second-order valence-electron chi connectivity index (χ2n) is 6.16. The summed E-state index contributed by atoms with van der Waals surface area (Å²) < 4.78 is 16.8. The predicted molar refractivity (Wildman–Crippen MR) is 106 cm³/mol. The van der Waals surface area contributed by atoms with Gasteiger partial charge in [0.05, 0.1) is 6.54 Å². The number of rotatable bonds is 5. The van der Waals surface area contributed by atoms with Crippen LogP contribution in [0.1, 0.15) is 11.5 Å². The molecule has 0 radical (unpaired) electrons. The summed E-state index contributed by atoms with van der Waals surface area (Å²) >= 11 is 3.42. The molecule has 8 heteroatoms. The van der Waals surface area contributed by atoms with Crippen LogP contribution in [0.4, 0.5) is 0 Å². The van der Waals surface area contributed by atoms with Crippen LogP contribution in [0.2, 0.25) is 0 Å². The molecule has 0 aliphatic carbocycles. The van der Waals surface area contributed by atoms with Gasteiger partial charge in [0.15, 0.2) is 11.5 Å². The first-order chi connectivity index (χ1) is 13.6. The number of hydrogen-bond acceptors (Lipinski definition) is 6. The van der Waals surface area contributed by atoms with E-state index >= 15 is 0 Å². The number of carbonyl (C=O) groups is 1. The summed E-state index contributed by atoms with van der Waals surface area (Å²) in [6.07, 6.45) is 3.21. The fourth-order valence-electron chi connectivity index (χ4n) is 2.66. The van der Waals surface area contributed by atoms with E-state index in [1.807, 2.05) is 42.5 Å². The quantitative estimate of drug-likeness (QED) is 0.558. The summed E-state index contributed by atoms with van der Waals surface area (Å²) in [5.41, 5.74) is 1.68. The van der Waals surface area contributed by atoms with Crippen LogP contribution in [0, 0.1) is 0 Å². The third-order valence-electron chi connectivity index (χ3n) is 4.11. The maximum absolute atomic E-state index is 12.4. The highest BCUT2D eigenvalue weighted by Crippen LogP contribution is 2.32. The van der Waals surface area contributed by atoms with Crippen molar-refractivity contribution in [1.29, 1.82) is 0 Å².